The summed E-state index contributed by atoms with van der Waals surface area (Å²) in [5.41, 5.74) is 5.31. The maximum absolute atomic E-state index is 12.3. The van der Waals surface area contributed by atoms with Gasteiger partial charge in [-0.1, -0.05) is 17.7 Å². The van der Waals surface area contributed by atoms with Crippen LogP contribution in [0, 0.1) is 20.8 Å². The molecule has 0 bridgehead atoms. The van der Waals surface area contributed by atoms with Crippen molar-refractivity contribution in [2.75, 3.05) is 5.32 Å². The predicted octanol–water partition coefficient (Wildman–Crippen LogP) is 4.13. The zero-order chi connectivity index (χ0) is 19.6. The van der Waals surface area contributed by atoms with Crippen molar-refractivity contribution in [2.24, 2.45) is 0 Å². The Kier molecular flexibility index (Phi) is 5.42. The number of aromatic nitrogens is 2. The Labute approximate surface area is 162 Å². The number of anilines is 1. The van der Waals surface area contributed by atoms with Crippen molar-refractivity contribution in [3.05, 3.63) is 80.6 Å². The number of hydrogen-bond acceptors (Lipinski definition) is 3. The molecule has 0 radical (unpaired) electrons. The van der Waals surface area contributed by atoms with Crippen LogP contribution in [0.4, 0.5) is 5.69 Å². The normalized spacial score (nSPS) is 10.7. The van der Waals surface area contributed by atoms with Gasteiger partial charge < -0.3 is 5.32 Å². The van der Waals surface area contributed by atoms with Gasteiger partial charge in [-0.15, -0.1) is 0 Å². The van der Waals surface area contributed by atoms with Gasteiger partial charge in [-0.25, -0.2) is 4.68 Å². The number of carbonyl (C=O) groups excluding carboxylic acids is 1. The van der Waals surface area contributed by atoms with Gasteiger partial charge in [0, 0.05) is 22.3 Å². The molecule has 6 heteroatoms. The van der Waals surface area contributed by atoms with E-state index in [2.05, 4.69) is 29.5 Å². The standard InChI is InChI=1S/C21H20ClN3O2/c1-13-10-15(3)18(11-14(13)2)19-8-9-21(27)25(24-19)12-20(26)23-17-6-4-16(22)5-7-17/h4-11H,12H2,1-3H3,(H,23,26). The zero-order valence-electron chi connectivity index (χ0n) is 15.4. The summed E-state index contributed by atoms with van der Waals surface area (Å²) in [7, 11) is 0. The number of benzene rings is 2. The van der Waals surface area contributed by atoms with Crippen LogP contribution in [-0.2, 0) is 11.3 Å². The first kappa shape index (κ1) is 18.9. The smallest absolute Gasteiger partial charge is 0.267 e. The summed E-state index contributed by atoms with van der Waals surface area (Å²) < 4.78 is 1.18. The van der Waals surface area contributed by atoms with Gasteiger partial charge in [0.1, 0.15) is 6.54 Å². The number of nitrogens with zero attached hydrogens (tertiary/aromatic N) is 2. The van der Waals surface area contributed by atoms with Crippen molar-refractivity contribution in [2.45, 2.75) is 27.3 Å². The first-order valence-electron chi connectivity index (χ1n) is 8.55. The van der Waals surface area contributed by atoms with E-state index in [1.807, 2.05) is 13.8 Å². The second-order valence-corrected chi connectivity index (χ2v) is 6.96. The lowest BCUT2D eigenvalue weighted by Gasteiger charge is -2.11. The molecule has 0 aliphatic heterocycles. The number of rotatable bonds is 4. The zero-order valence-corrected chi connectivity index (χ0v) is 16.2. The molecule has 3 aromatic rings. The summed E-state index contributed by atoms with van der Waals surface area (Å²) in [6.07, 6.45) is 0. The summed E-state index contributed by atoms with van der Waals surface area (Å²) in [5.74, 6) is -0.333. The lowest BCUT2D eigenvalue weighted by Crippen LogP contribution is -2.29. The van der Waals surface area contributed by atoms with Gasteiger partial charge >= 0.3 is 0 Å². The van der Waals surface area contributed by atoms with Gasteiger partial charge in [-0.05, 0) is 73.9 Å². The highest BCUT2D eigenvalue weighted by Gasteiger charge is 2.11. The van der Waals surface area contributed by atoms with E-state index in [0.717, 1.165) is 16.7 Å². The van der Waals surface area contributed by atoms with Crippen LogP contribution in [0.15, 0.2) is 53.3 Å². The van der Waals surface area contributed by atoms with E-state index < -0.39 is 0 Å². The van der Waals surface area contributed by atoms with Gasteiger partial charge in [0.05, 0.1) is 5.69 Å². The van der Waals surface area contributed by atoms with Gasteiger partial charge in [-0.3, -0.25) is 9.59 Å². The third-order valence-corrected chi connectivity index (χ3v) is 4.66. The minimum atomic E-state index is -0.333. The Morgan fingerprint density at radius 1 is 1.00 bits per heavy atom. The van der Waals surface area contributed by atoms with E-state index >= 15 is 0 Å². The van der Waals surface area contributed by atoms with Crippen LogP contribution in [-0.4, -0.2) is 15.7 Å². The molecular formula is C21H20ClN3O2. The number of carbonyl (C=O) groups is 1. The molecule has 27 heavy (non-hydrogen) atoms. The highest BCUT2D eigenvalue weighted by molar-refractivity contribution is 6.30. The van der Waals surface area contributed by atoms with Crippen LogP contribution < -0.4 is 10.9 Å². The molecular weight excluding hydrogens is 362 g/mol. The average molecular weight is 382 g/mol. The summed E-state index contributed by atoms with van der Waals surface area (Å²) >= 11 is 5.84. The van der Waals surface area contributed by atoms with E-state index in [-0.39, 0.29) is 18.0 Å². The minimum absolute atomic E-state index is 0.167. The molecule has 0 atom stereocenters. The van der Waals surface area contributed by atoms with Crippen molar-refractivity contribution in [3.8, 4) is 11.3 Å². The van der Waals surface area contributed by atoms with E-state index in [1.165, 1.54) is 16.3 Å². The fraction of sp³-hybridized carbons (Fsp3) is 0.190. The van der Waals surface area contributed by atoms with Crippen LogP contribution in [0.25, 0.3) is 11.3 Å². The van der Waals surface area contributed by atoms with Crippen molar-refractivity contribution >= 4 is 23.2 Å². The Morgan fingerprint density at radius 3 is 2.37 bits per heavy atom. The van der Waals surface area contributed by atoms with E-state index in [9.17, 15) is 9.59 Å². The highest BCUT2D eigenvalue weighted by atomic mass is 35.5. The molecule has 0 aliphatic rings. The van der Waals surface area contributed by atoms with Crippen molar-refractivity contribution in [1.29, 1.82) is 0 Å². The maximum atomic E-state index is 12.3. The van der Waals surface area contributed by atoms with E-state index in [4.69, 9.17) is 11.6 Å². The number of hydrogen-bond donors (Lipinski definition) is 1. The van der Waals surface area contributed by atoms with Gasteiger partial charge in [-0.2, -0.15) is 5.10 Å². The molecule has 3 rings (SSSR count). The lowest BCUT2D eigenvalue weighted by molar-refractivity contribution is -0.117. The first-order valence-corrected chi connectivity index (χ1v) is 8.93. The van der Waals surface area contributed by atoms with Crippen LogP contribution >= 0.6 is 11.6 Å². The SMILES string of the molecule is Cc1cc(C)c(-c2ccc(=O)n(CC(=O)Nc3ccc(Cl)cc3)n2)cc1C. The summed E-state index contributed by atoms with van der Waals surface area (Å²) in [4.78, 5) is 24.4. The lowest BCUT2D eigenvalue weighted by atomic mass is 9.99. The van der Waals surface area contributed by atoms with E-state index in [0.29, 0.717) is 16.4 Å². The Balaban J connectivity index is 1.85. The molecule has 0 unspecified atom stereocenters. The maximum Gasteiger partial charge on any atom is 0.267 e. The van der Waals surface area contributed by atoms with Crippen molar-refractivity contribution in [3.63, 3.8) is 0 Å². The molecule has 1 aromatic heterocycles. The first-order chi connectivity index (χ1) is 12.8. The molecule has 0 saturated carbocycles. The fourth-order valence-electron chi connectivity index (χ4n) is 2.81. The third-order valence-electron chi connectivity index (χ3n) is 4.40. The summed E-state index contributed by atoms with van der Waals surface area (Å²) in [5, 5.41) is 7.71. The molecule has 1 amide bonds. The quantitative estimate of drug-likeness (QED) is 0.739. The summed E-state index contributed by atoms with van der Waals surface area (Å²) in [6.45, 7) is 5.93. The number of aryl methyl sites for hydroxylation is 3. The van der Waals surface area contributed by atoms with Crippen LogP contribution in [0.2, 0.25) is 5.02 Å². The monoisotopic (exact) mass is 381 g/mol. The number of nitrogens with one attached hydrogen (secondary N) is 1. The topological polar surface area (TPSA) is 64.0 Å². The van der Waals surface area contributed by atoms with Crippen LogP contribution in [0.3, 0.4) is 0 Å². The second-order valence-electron chi connectivity index (χ2n) is 6.52. The molecule has 138 valence electrons. The van der Waals surface area contributed by atoms with Gasteiger partial charge in [0.2, 0.25) is 5.91 Å². The minimum Gasteiger partial charge on any atom is -0.324 e. The molecule has 0 saturated heterocycles. The van der Waals surface area contributed by atoms with Crippen LogP contribution in [0.5, 0.6) is 0 Å². The Bertz CT molecular complexity index is 1060. The average Bonchev–Trinajstić information content (AvgIpc) is 2.62. The van der Waals surface area contributed by atoms with Gasteiger partial charge in [0.15, 0.2) is 0 Å². The molecule has 1 heterocycles. The molecule has 1 N–H and O–H groups in total. The molecule has 0 fully saturated rings. The summed E-state index contributed by atoms with van der Waals surface area (Å²) in [6, 6.07) is 14.0. The van der Waals surface area contributed by atoms with E-state index in [1.54, 1.807) is 30.3 Å². The van der Waals surface area contributed by atoms with Crippen molar-refractivity contribution < 1.29 is 4.79 Å². The van der Waals surface area contributed by atoms with Crippen molar-refractivity contribution in [1.82, 2.24) is 9.78 Å². The van der Waals surface area contributed by atoms with Gasteiger partial charge in [0.25, 0.3) is 5.56 Å². The largest absolute Gasteiger partial charge is 0.324 e. The molecule has 2 aromatic carbocycles. The molecule has 0 spiro atoms. The second kappa shape index (κ2) is 7.76. The fourth-order valence-corrected chi connectivity index (χ4v) is 2.94. The van der Waals surface area contributed by atoms with Crippen LogP contribution in [0.1, 0.15) is 16.7 Å². The highest BCUT2D eigenvalue weighted by Crippen LogP contribution is 2.24. The molecule has 5 nitrogen and oxygen atoms in total. The predicted molar refractivity (Wildman–Crippen MR) is 108 cm³/mol. The Morgan fingerprint density at radius 2 is 1.67 bits per heavy atom. The number of halogens is 1. The third kappa shape index (κ3) is 4.44. The number of amides is 1. The Hall–Kier alpha value is -2.92. The molecule has 0 aliphatic carbocycles.